The van der Waals surface area contributed by atoms with Crippen LogP contribution in [0.25, 0.3) is 0 Å². The maximum Gasteiger partial charge on any atom is 0.335 e. The zero-order valence-corrected chi connectivity index (χ0v) is 9.21. The fraction of sp³-hybridized carbons (Fsp3) is 0.273. The molecule has 0 amide bonds. The van der Waals surface area contributed by atoms with Crippen LogP contribution in [0, 0.1) is 29.6 Å². The van der Waals surface area contributed by atoms with Crippen LogP contribution in [0.15, 0.2) is 12.1 Å². The topological polar surface area (TPSA) is 101 Å². The lowest BCUT2D eigenvalue weighted by molar-refractivity contribution is 0.0696. The number of carbonyl (C=O) groups is 1. The minimum Gasteiger partial charge on any atom is -0.478 e. The van der Waals surface area contributed by atoms with Crippen LogP contribution in [0.1, 0.15) is 16.1 Å². The van der Waals surface area contributed by atoms with Crippen molar-refractivity contribution in [3.8, 4) is 12.1 Å². The van der Waals surface area contributed by atoms with Crippen LogP contribution in [0.5, 0.6) is 0 Å². The summed E-state index contributed by atoms with van der Waals surface area (Å²) in [5, 5.41) is 26.2. The van der Waals surface area contributed by atoms with Crippen LogP contribution in [-0.4, -0.2) is 29.1 Å². The molecule has 0 aromatic carbocycles. The van der Waals surface area contributed by atoms with Gasteiger partial charge in [0.1, 0.15) is 18.9 Å². The molecule has 1 aromatic heterocycles. The van der Waals surface area contributed by atoms with Gasteiger partial charge in [0.15, 0.2) is 0 Å². The molecule has 6 nitrogen and oxygen atoms in total. The standard InChI is InChI=1S/C11H10N4O2/c1-8-6-9(11(16)17)7-10(14-8)15(4-2-12)5-3-13/h6-7H,4-5H2,1H3,(H,16,17). The summed E-state index contributed by atoms with van der Waals surface area (Å²) >= 11 is 0. The molecule has 1 N–H and O–H groups in total. The van der Waals surface area contributed by atoms with E-state index in [4.69, 9.17) is 15.6 Å². The maximum atomic E-state index is 10.9. The predicted octanol–water partition coefficient (Wildman–Crippen LogP) is 0.942. The number of aromatic carboxylic acids is 1. The molecule has 1 rings (SSSR count). The molecule has 0 aliphatic rings. The quantitative estimate of drug-likeness (QED) is 0.772. The number of rotatable bonds is 4. The molecule has 0 spiro atoms. The summed E-state index contributed by atoms with van der Waals surface area (Å²) in [6.07, 6.45) is 0. The van der Waals surface area contributed by atoms with E-state index in [1.807, 2.05) is 12.1 Å². The van der Waals surface area contributed by atoms with Crippen LogP contribution >= 0.6 is 0 Å². The lowest BCUT2D eigenvalue weighted by Gasteiger charge is -2.17. The molecule has 0 atom stereocenters. The second kappa shape index (κ2) is 5.47. The largest absolute Gasteiger partial charge is 0.478 e. The summed E-state index contributed by atoms with van der Waals surface area (Å²) in [4.78, 5) is 16.4. The Balaban J connectivity index is 3.15. The van der Waals surface area contributed by atoms with Gasteiger partial charge in [0.05, 0.1) is 17.7 Å². The minimum absolute atomic E-state index is 0.0108. The molecular weight excluding hydrogens is 220 g/mol. The van der Waals surface area contributed by atoms with Crippen molar-refractivity contribution in [1.29, 1.82) is 10.5 Å². The molecule has 0 fully saturated rings. The Hall–Kier alpha value is -2.60. The second-order valence-electron chi connectivity index (χ2n) is 3.33. The number of pyridine rings is 1. The Morgan fingerprint density at radius 1 is 1.41 bits per heavy atom. The summed E-state index contributed by atoms with van der Waals surface area (Å²) in [6.45, 7) is 1.64. The molecule has 17 heavy (non-hydrogen) atoms. The Labute approximate surface area is 98.3 Å². The monoisotopic (exact) mass is 230 g/mol. The lowest BCUT2D eigenvalue weighted by atomic mass is 10.2. The molecule has 0 saturated heterocycles. The van der Waals surface area contributed by atoms with E-state index >= 15 is 0 Å². The van der Waals surface area contributed by atoms with E-state index in [0.29, 0.717) is 11.5 Å². The average molecular weight is 230 g/mol. The van der Waals surface area contributed by atoms with Gasteiger partial charge in [-0.25, -0.2) is 9.78 Å². The number of anilines is 1. The Morgan fingerprint density at radius 3 is 2.47 bits per heavy atom. The molecule has 1 heterocycles. The van der Waals surface area contributed by atoms with Crippen molar-refractivity contribution in [1.82, 2.24) is 4.98 Å². The molecule has 0 bridgehead atoms. The molecule has 0 unspecified atom stereocenters. The van der Waals surface area contributed by atoms with Crippen molar-refractivity contribution in [2.24, 2.45) is 0 Å². The van der Waals surface area contributed by atoms with E-state index in [1.165, 1.54) is 17.0 Å². The number of hydrogen-bond donors (Lipinski definition) is 1. The number of nitrogens with zero attached hydrogens (tertiary/aromatic N) is 4. The fourth-order valence-electron chi connectivity index (χ4n) is 1.33. The van der Waals surface area contributed by atoms with Crippen molar-refractivity contribution < 1.29 is 9.90 Å². The highest BCUT2D eigenvalue weighted by Gasteiger charge is 2.12. The van der Waals surface area contributed by atoms with E-state index in [1.54, 1.807) is 6.92 Å². The highest BCUT2D eigenvalue weighted by Crippen LogP contribution is 2.14. The van der Waals surface area contributed by atoms with E-state index in [-0.39, 0.29) is 18.7 Å². The van der Waals surface area contributed by atoms with Gasteiger partial charge < -0.3 is 10.0 Å². The molecule has 6 heteroatoms. The molecular formula is C11H10N4O2. The van der Waals surface area contributed by atoms with Crippen molar-refractivity contribution in [3.63, 3.8) is 0 Å². The van der Waals surface area contributed by atoms with E-state index in [0.717, 1.165) is 0 Å². The first-order chi connectivity index (χ1) is 8.08. The van der Waals surface area contributed by atoms with Crippen molar-refractivity contribution in [2.45, 2.75) is 6.92 Å². The molecule has 0 saturated carbocycles. The normalized spacial score (nSPS) is 9.12. The highest BCUT2D eigenvalue weighted by atomic mass is 16.4. The fourth-order valence-corrected chi connectivity index (χ4v) is 1.33. The minimum atomic E-state index is -1.06. The van der Waals surface area contributed by atoms with Crippen molar-refractivity contribution in [2.75, 3.05) is 18.0 Å². The van der Waals surface area contributed by atoms with Gasteiger partial charge in [0.2, 0.25) is 0 Å². The predicted molar refractivity (Wildman–Crippen MR) is 59.4 cm³/mol. The van der Waals surface area contributed by atoms with Crippen LogP contribution in [0.3, 0.4) is 0 Å². The second-order valence-corrected chi connectivity index (χ2v) is 3.33. The van der Waals surface area contributed by atoms with Gasteiger partial charge in [-0.05, 0) is 19.1 Å². The van der Waals surface area contributed by atoms with E-state index < -0.39 is 5.97 Å². The third-order valence-corrected chi connectivity index (χ3v) is 2.03. The number of nitriles is 2. The van der Waals surface area contributed by atoms with Crippen LogP contribution < -0.4 is 4.90 Å². The third-order valence-electron chi connectivity index (χ3n) is 2.03. The van der Waals surface area contributed by atoms with E-state index in [2.05, 4.69) is 4.98 Å². The van der Waals surface area contributed by atoms with Crippen molar-refractivity contribution in [3.05, 3.63) is 23.4 Å². The average Bonchev–Trinajstić information content (AvgIpc) is 2.28. The van der Waals surface area contributed by atoms with Gasteiger partial charge in [-0.1, -0.05) is 0 Å². The molecule has 0 aliphatic heterocycles. The molecule has 0 aliphatic carbocycles. The van der Waals surface area contributed by atoms with Crippen LogP contribution in [0.4, 0.5) is 5.82 Å². The summed E-state index contributed by atoms with van der Waals surface area (Å²) < 4.78 is 0. The first-order valence-corrected chi connectivity index (χ1v) is 4.79. The number of aromatic nitrogens is 1. The number of aryl methyl sites for hydroxylation is 1. The van der Waals surface area contributed by atoms with Crippen LogP contribution in [-0.2, 0) is 0 Å². The number of carboxylic acids is 1. The SMILES string of the molecule is Cc1cc(C(=O)O)cc(N(CC#N)CC#N)n1. The smallest absolute Gasteiger partial charge is 0.335 e. The van der Waals surface area contributed by atoms with Gasteiger partial charge in [0, 0.05) is 5.69 Å². The van der Waals surface area contributed by atoms with Gasteiger partial charge in [-0.2, -0.15) is 10.5 Å². The molecule has 86 valence electrons. The van der Waals surface area contributed by atoms with Gasteiger partial charge in [-0.3, -0.25) is 0 Å². The zero-order chi connectivity index (χ0) is 12.8. The zero-order valence-electron chi connectivity index (χ0n) is 9.21. The van der Waals surface area contributed by atoms with Gasteiger partial charge in [-0.15, -0.1) is 0 Å². The molecule has 1 aromatic rings. The van der Waals surface area contributed by atoms with Gasteiger partial charge in [0.25, 0.3) is 0 Å². The maximum absolute atomic E-state index is 10.9. The summed E-state index contributed by atoms with van der Waals surface area (Å²) in [5.41, 5.74) is 0.620. The Morgan fingerprint density at radius 2 is 2.00 bits per heavy atom. The summed E-state index contributed by atoms with van der Waals surface area (Å²) in [6, 6.07) is 6.60. The molecule has 0 radical (unpaired) electrons. The van der Waals surface area contributed by atoms with E-state index in [9.17, 15) is 4.79 Å². The number of carboxylic acid groups (broad SMARTS) is 1. The third kappa shape index (κ3) is 3.18. The Bertz CT molecular complexity index is 497. The van der Waals surface area contributed by atoms with Crippen molar-refractivity contribution >= 4 is 11.8 Å². The van der Waals surface area contributed by atoms with Crippen LogP contribution in [0.2, 0.25) is 0 Å². The summed E-state index contributed by atoms with van der Waals surface area (Å²) in [5.74, 6) is -0.740. The van der Waals surface area contributed by atoms with Gasteiger partial charge >= 0.3 is 5.97 Å². The Kier molecular flexibility index (Phi) is 4.02. The lowest BCUT2D eigenvalue weighted by Crippen LogP contribution is -2.25. The number of hydrogen-bond acceptors (Lipinski definition) is 5. The highest BCUT2D eigenvalue weighted by molar-refractivity contribution is 5.88. The summed E-state index contributed by atoms with van der Waals surface area (Å²) in [7, 11) is 0. The first kappa shape index (κ1) is 12.5. The first-order valence-electron chi connectivity index (χ1n) is 4.79.